The Kier molecular flexibility index (Phi) is 6.02. The summed E-state index contributed by atoms with van der Waals surface area (Å²) in [6.07, 6.45) is 5.61. The molecule has 3 aromatic rings. The number of carbonyl (C=O) groups is 2. The van der Waals surface area contributed by atoms with Gasteiger partial charge in [0.15, 0.2) is 0 Å². The number of pyridine rings is 1. The second kappa shape index (κ2) is 8.88. The zero-order chi connectivity index (χ0) is 22.0. The molecule has 1 aliphatic carbocycles. The third kappa shape index (κ3) is 4.31. The summed E-state index contributed by atoms with van der Waals surface area (Å²) in [5, 5.41) is 4.59. The quantitative estimate of drug-likeness (QED) is 0.622. The molecular formula is C24H28N4O3. The lowest BCUT2D eigenvalue weighted by Crippen LogP contribution is -2.44. The third-order valence-electron chi connectivity index (χ3n) is 6.15. The Balaban J connectivity index is 1.60. The maximum Gasteiger partial charge on any atom is 0.259 e. The Morgan fingerprint density at radius 1 is 1.10 bits per heavy atom. The van der Waals surface area contributed by atoms with E-state index in [1.54, 1.807) is 20.0 Å². The summed E-state index contributed by atoms with van der Waals surface area (Å²) in [4.78, 5) is 34.1. The summed E-state index contributed by atoms with van der Waals surface area (Å²) < 4.78 is 5.37. The van der Waals surface area contributed by atoms with Gasteiger partial charge in [-0.3, -0.25) is 9.59 Å². The van der Waals surface area contributed by atoms with Crippen molar-refractivity contribution in [2.75, 3.05) is 20.6 Å². The van der Waals surface area contributed by atoms with Gasteiger partial charge in [-0.2, -0.15) is 0 Å². The Morgan fingerprint density at radius 2 is 1.81 bits per heavy atom. The van der Waals surface area contributed by atoms with Gasteiger partial charge in [-0.15, -0.1) is 0 Å². The largest absolute Gasteiger partial charge is 0.341 e. The highest BCUT2D eigenvalue weighted by Gasteiger charge is 2.26. The molecule has 0 bridgehead atoms. The molecule has 31 heavy (non-hydrogen) atoms. The van der Waals surface area contributed by atoms with Crippen LogP contribution in [-0.2, 0) is 4.79 Å². The van der Waals surface area contributed by atoms with Crippen LogP contribution < -0.4 is 0 Å². The third-order valence-corrected chi connectivity index (χ3v) is 6.15. The van der Waals surface area contributed by atoms with Crippen molar-refractivity contribution in [1.82, 2.24) is 19.9 Å². The molecule has 1 aromatic carbocycles. The van der Waals surface area contributed by atoms with Gasteiger partial charge in [0.25, 0.3) is 11.6 Å². The molecule has 1 aliphatic rings. The summed E-state index contributed by atoms with van der Waals surface area (Å²) in [5.41, 5.74) is 2.87. The van der Waals surface area contributed by atoms with Gasteiger partial charge < -0.3 is 14.3 Å². The average Bonchev–Trinajstić information content (AvgIpc) is 3.19. The van der Waals surface area contributed by atoms with Crippen LogP contribution in [0.1, 0.15) is 48.2 Å². The maximum atomic E-state index is 13.4. The molecule has 7 heteroatoms. The SMILES string of the molecule is Cc1noc2nc(-c3ccccc3)cc(C(=O)N(C)CC(=O)N(C)C3CCCCC3)c12. The molecule has 0 N–H and O–H groups in total. The highest BCUT2D eigenvalue weighted by Crippen LogP contribution is 2.28. The van der Waals surface area contributed by atoms with E-state index in [0.29, 0.717) is 28.1 Å². The molecule has 7 nitrogen and oxygen atoms in total. The molecule has 162 valence electrons. The van der Waals surface area contributed by atoms with Crippen LogP contribution in [-0.4, -0.2) is 58.4 Å². The lowest BCUT2D eigenvalue weighted by Gasteiger charge is -2.32. The standard InChI is InChI=1S/C24H28N4O3/c1-16-22-19(14-20(25-23(22)31-26-16)17-10-6-4-7-11-17)24(30)27(2)15-21(29)28(3)18-12-8-5-9-13-18/h4,6-7,10-11,14,18H,5,8-9,12-13,15H2,1-3H3. The molecule has 0 aliphatic heterocycles. The zero-order valence-electron chi connectivity index (χ0n) is 18.3. The highest BCUT2D eigenvalue weighted by atomic mass is 16.5. The van der Waals surface area contributed by atoms with E-state index >= 15 is 0 Å². The first-order chi connectivity index (χ1) is 15.0. The number of benzene rings is 1. The Morgan fingerprint density at radius 3 is 2.52 bits per heavy atom. The van der Waals surface area contributed by atoms with Crippen molar-refractivity contribution in [3.8, 4) is 11.3 Å². The van der Waals surface area contributed by atoms with Crippen LogP contribution in [0.25, 0.3) is 22.4 Å². The molecule has 1 fully saturated rings. The minimum absolute atomic E-state index is 0.0284. The fourth-order valence-corrected chi connectivity index (χ4v) is 4.28. The minimum atomic E-state index is -0.249. The smallest absolute Gasteiger partial charge is 0.259 e. The lowest BCUT2D eigenvalue weighted by molar-refractivity contribution is -0.133. The molecule has 4 rings (SSSR count). The Labute approximate surface area is 182 Å². The lowest BCUT2D eigenvalue weighted by atomic mass is 9.94. The van der Waals surface area contributed by atoms with E-state index in [1.165, 1.54) is 11.3 Å². The number of hydrogen-bond donors (Lipinski definition) is 0. The summed E-state index contributed by atoms with van der Waals surface area (Å²) >= 11 is 0. The van der Waals surface area contributed by atoms with Crippen LogP contribution >= 0.6 is 0 Å². The molecule has 0 spiro atoms. The fourth-order valence-electron chi connectivity index (χ4n) is 4.28. The summed E-state index contributed by atoms with van der Waals surface area (Å²) in [5.74, 6) is -0.292. The number of aromatic nitrogens is 2. The van der Waals surface area contributed by atoms with Crippen molar-refractivity contribution < 1.29 is 14.1 Å². The summed E-state index contributed by atoms with van der Waals surface area (Å²) in [6, 6.07) is 11.6. The summed E-state index contributed by atoms with van der Waals surface area (Å²) in [7, 11) is 3.51. The molecule has 2 aromatic heterocycles. The first kappa shape index (κ1) is 21.0. The van der Waals surface area contributed by atoms with Crippen molar-refractivity contribution in [1.29, 1.82) is 0 Å². The number of carbonyl (C=O) groups excluding carboxylic acids is 2. The van der Waals surface area contributed by atoms with E-state index in [2.05, 4.69) is 10.1 Å². The van der Waals surface area contributed by atoms with Gasteiger partial charge in [0.1, 0.15) is 0 Å². The first-order valence-electron chi connectivity index (χ1n) is 10.8. The van der Waals surface area contributed by atoms with Crippen molar-refractivity contribution in [2.24, 2.45) is 0 Å². The van der Waals surface area contributed by atoms with Gasteiger partial charge in [0.05, 0.1) is 28.9 Å². The second-order valence-corrected chi connectivity index (χ2v) is 8.33. The van der Waals surface area contributed by atoms with Gasteiger partial charge >= 0.3 is 0 Å². The monoisotopic (exact) mass is 420 g/mol. The second-order valence-electron chi connectivity index (χ2n) is 8.33. The number of likely N-dealkylation sites (N-methyl/N-ethyl adjacent to an activating group) is 2. The molecule has 0 radical (unpaired) electrons. The van der Waals surface area contributed by atoms with Gasteiger partial charge in [0.2, 0.25) is 5.91 Å². The van der Waals surface area contributed by atoms with Crippen LogP contribution in [0.2, 0.25) is 0 Å². The van der Waals surface area contributed by atoms with E-state index in [9.17, 15) is 9.59 Å². The molecule has 0 unspecified atom stereocenters. The van der Waals surface area contributed by atoms with E-state index < -0.39 is 0 Å². The van der Waals surface area contributed by atoms with Crippen LogP contribution in [0.4, 0.5) is 0 Å². The van der Waals surface area contributed by atoms with Crippen LogP contribution in [0.15, 0.2) is 40.9 Å². The highest BCUT2D eigenvalue weighted by molar-refractivity contribution is 6.07. The van der Waals surface area contributed by atoms with Crippen LogP contribution in [0.5, 0.6) is 0 Å². The number of fused-ring (bicyclic) bond motifs is 1. The predicted octanol–water partition coefficient (Wildman–Crippen LogP) is 4.06. The minimum Gasteiger partial charge on any atom is -0.341 e. The van der Waals surface area contributed by atoms with E-state index in [-0.39, 0.29) is 24.4 Å². The molecule has 1 saturated carbocycles. The van der Waals surface area contributed by atoms with Gasteiger partial charge in [0, 0.05) is 25.7 Å². The predicted molar refractivity (Wildman–Crippen MR) is 119 cm³/mol. The number of nitrogens with zero attached hydrogens (tertiary/aromatic N) is 4. The molecule has 2 heterocycles. The number of amides is 2. The molecule has 0 atom stereocenters. The van der Waals surface area contributed by atoms with Gasteiger partial charge in [-0.05, 0) is 25.8 Å². The molecule has 0 saturated heterocycles. The topological polar surface area (TPSA) is 79.5 Å². The number of hydrogen-bond acceptors (Lipinski definition) is 5. The van der Waals surface area contributed by atoms with E-state index in [1.807, 2.05) is 42.3 Å². The normalized spacial score (nSPS) is 14.5. The van der Waals surface area contributed by atoms with E-state index in [0.717, 1.165) is 31.2 Å². The van der Waals surface area contributed by atoms with Crippen molar-refractivity contribution >= 4 is 22.9 Å². The van der Waals surface area contributed by atoms with Crippen LogP contribution in [0, 0.1) is 6.92 Å². The van der Waals surface area contributed by atoms with E-state index in [4.69, 9.17) is 4.52 Å². The van der Waals surface area contributed by atoms with Crippen molar-refractivity contribution in [3.05, 3.63) is 47.7 Å². The van der Waals surface area contributed by atoms with Crippen molar-refractivity contribution in [3.63, 3.8) is 0 Å². The van der Waals surface area contributed by atoms with Gasteiger partial charge in [-0.1, -0.05) is 54.8 Å². The molecule has 2 amide bonds. The summed E-state index contributed by atoms with van der Waals surface area (Å²) in [6.45, 7) is 1.81. The number of aryl methyl sites for hydroxylation is 1. The van der Waals surface area contributed by atoms with Crippen LogP contribution in [0.3, 0.4) is 0 Å². The Bertz CT molecular complexity index is 1090. The molecular weight excluding hydrogens is 392 g/mol. The number of rotatable bonds is 5. The van der Waals surface area contributed by atoms with Gasteiger partial charge in [-0.25, -0.2) is 4.98 Å². The Hall–Kier alpha value is -3.22. The zero-order valence-corrected chi connectivity index (χ0v) is 18.3. The van der Waals surface area contributed by atoms with Crippen molar-refractivity contribution in [2.45, 2.75) is 45.1 Å². The first-order valence-corrected chi connectivity index (χ1v) is 10.8. The maximum absolute atomic E-state index is 13.4. The fraction of sp³-hybridized carbons (Fsp3) is 0.417. The average molecular weight is 421 g/mol.